The van der Waals surface area contributed by atoms with Gasteiger partial charge >= 0.3 is 0 Å². The monoisotopic (exact) mass is 221 g/mol. The summed E-state index contributed by atoms with van der Waals surface area (Å²) < 4.78 is 0. The summed E-state index contributed by atoms with van der Waals surface area (Å²) in [4.78, 5) is 0. The van der Waals surface area contributed by atoms with E-state index in [1.165, 1.54) is 25.1 Å². The van der Waals surface area contributed by atoms with E-state index in [9.17, 15) is 0 Å². The Balaban J connectivity index is 2.50. The van der Waals surface area contributed by atoms with Crippen molar-refractivity contribution >= 4 is 14.0 Å². The van der Waals surface area contributed by atoms with Crippen molar-refractivity contribution in [3.63, 3.8) is 0 Å². The van der Waals surface area contributed by atoms with Crippen LogP contribution in [-0.2, 0) is 0 Å². The molecule has 2 heteroatoms. The third-order valence-corrected chi connectivity index (χ3v) is 6.42. The standard InChI is InChI=1S/C13H23NSi/c1-3-11-15(12-10-14-4-2)13-8-6-5-7-9-13/h5-9,14-15H,3-4,10-12H2,1-2H3. The fraction of sp³-hybridized carbons (Fsp3) is 0.538. The normalized spacial score (nSPS) is 12.7. The van der Waals surface area contributed by atoms with Gasteiger partial charge in [0.2, 0.25) is 0 Å². The molecule has 0 fully saturated rings. The second-order valence-electron chi connectivity index (χ2n) is 4.04. The minimum atomic E-state index is -0.686. The second-order valence-corrected chi connectivity index (χ2v) is 7.25. The van der Waals surface area contributed by atoms with Gasteiger partial charge in [-0.15, -0.1) is 0 Å². The highest BCUT2D eigenvalue weighted by Crippen LogP contribution is 2.03. The largest absolute Gasteiger partial charge is 0.317 e. The summed E-state index contributed by atoms with van der Waals surface area (Å²) in [5.41, 5.74) is 0. The molecule has 1 aromatic carbocycles. The predicted octanol–water partition coefficient (Wildman–Crippen LogP) is 2.14. The summed E-state index contributed by atoms with van der Waals surface area (Å²) in [6, 6.07) is 13.9. The lowest BCUT2D eigenvalue weighted by Gasteiger charge is -2.14. The SMILES string of the molecule is CCC[SiH](CCNCC)c1ccccc1. The maximum absolute atomic E-state index is 3.44. The van der Waals surface area contributed by atoms with Gasteiger partial charge in [0.15, 0.2) is 0 Å². The van der Waals surface area contributed by atoms with Crippen LogP contribution in [0.4, 0.5) is 0 Å². The molecular weight excluding hydrogens is 198 g/mol. The summed E-state index contributed by atoms with van der Waals surface area (Å²) in [7, 11) is -0.686. The first-order chi connectivity index (χ1) is 7.38. The summed E-state index contributed by atoms with van der Waals surface area (Å²) in [6.07, 6.45) is 1.33. The Morgan fingerprint density at radius 3 is 2.40 bits per heavy atom. The van der Waals surface area contributed by atoms with E-state index in [-0.39, 0.29) is 0 Å². The van der Waals surface area contributed by atoms with Crippen LogP contribution in [0.3, 0.4) is 0 Å². The van der Waals surface area contributed by atoms with E-state index < -0.39 is 8.80 Å². The molecule has 1 nitrogen and oxygen atoms in total. The van der Waals surface area contributed by atoms with Gasteiger partial charge in [-0.3, -0.25) is 0 Å². The van der Waals surface area contributed by atoms with Crippen molar-refractivity contribution in [2.24, 2.45) is 0 Å². The molecule has 0 radical (unpaired) electrons. The molecule has 0 aliphatic rings. The topological polar surface area (TPSA) is 12.0 Å². The zero-order valence-corrected chi connectivity index (χ0v) is 11.2. The maximum Gasteiger partial charge on any atom is 0.0720 e. The number of hydrogen-bond donors (Lipinski definition) is 1. The molecule has 15 heavy (non-hydrogen) atoms. The smallest absolute Gasteiger partial charge is 0.0720 e. The van der Waals surface area contributed by atoms with E-state index in [1.807, 2.05) is 0 Å². The van der Waals surface area contributed by atoms with Gasteiger partial charge in [0.1, 0.15) is 0 Å². The lowest BCUT2D eigenvalue weighted by molar-refractivity contribution is 0.757. The summed E-state index contributed by atoms with van der Waals surface area (Å²) in [5, 5.41) is 5.08. The Bertz CT molecular complexity index is 248. The van der Waals surface area contributed by atoms with Crippen molar-refractivity contribution in [2.75, 3.05) is 13.1 Å². The highest BCUT2D eigenvalue weighted by molar-refractivity contribution is 6.73. The Kier molecular flexibility index (Phi) is 6.36. The third kappa shape index (κ3) is 4.63. The zero-order valence-electron chi connectivity index (χ0n) is 10.00. The van der Waals surface area contributed by atoms with Crippen LogP contribution < -0.4 is 10.5 Å². The molecule has 0 spiro atoms. The van der Waals surface area contributed by atoms with Crippen LogP contribution in [0.1, 0.15) is 20.3 Å². The van der Waals surface area contributed by atoms with E-state index in [0.717, 1.165) is 6.54 Å². The average molecular weight is 221 g/mol. The highest BCUT2D eigenvalue weighted by Gasteiger charge is 2.11. The van der Waals surface area contributed by atoms with Crippen LogP contribution in [-0.4, -0.2) is 21.9 Å². The highest BCUT2D eigenvalue weighted by atomic mass is 28.3. The van der Waals surface area contributed by atoms with E-state index >= 15 is 0 Å². The van der Waals surface area contributed by atoms with Crippen molar-refractivity contribution < 1.29 is 0 Å². The molecule has 1 N–H and O–H groups in total. The molecule has 0 saturated heterocycles. The average Bonchev–Trinajstić information content (AvgIpc) is 2.29. The van der Waals surface area contributed by atoms with E-state index in [4.69, 9.17) is 0 Å². The summed E-state index contributed by atoms with van der Waals surface area (Å²) in [5.74, 6) is 0. The molecule has 1 unspecified atom stereocenters. The molecular formula is C13H23NSi. The predicted molar refractivity (Wildman–Crippen MR) is 71.7 cm³/mol. The van der Waals surface area contributed by atoms with Crippen LogP contribution in [0.15, 0.2) is 30.3 Å². The quantitative estimate of drug-likeness (QED) is 0.549. The Labute approximate surface area is 95.5 Å². The van der Waals surface area contributed by atoms with E-state index in [2.05, 4.69) is 49.5 Å². The second kappa shape index (κ2) is 7.66. The van der Waals surface area contributed by atoms with Crippen LogP contribution in [0.5, 0.6) is 0 Å². The van der Waals surface area contributed by atoms with Gasteiger partial charge < -0.3 is 5.32 Å². The van der Waals surface area contributed by atoms with Gasteiger partial charge in [-0.1, -0.05) is 61.8 Å². The van der Waals surface area contributed by atoms with Gasteiger partial charge in [0.05, 0.1) is 8.80 Å². The lowest BCUT2D eigenvalue weighted by atomic mass is 10.4. The van der Waals surface area contributed by atoms with Gasteiger partial charge in [-0.05, 0) is 19.1 Å². The summed E-state index contributed by atoms with van der Waals surface area (Å²) >= 11 is 0. The van der Waals surface area contributed by atoms with Crippen molar-refractivity contribution in [1.29, 1.82) is 0 Å². The zero-order chi connectivity index (χ0) is 10.9. The summed E-state index contributed by atoms with van der Waals surface area (Å²) in [6.45, 7) is 6.78. The van der Waals surface area contributed by atoms with Gasteiger partial charge in [-0.25, -0.2) is 0 Å². The van der Waals surface area contributed by atoms with Crippen molar-refractivity contribution in [2.45, 2.75) is 32.4 Å². The number of rotatable bonds is 7. The molecule has 0 aliphatic carbocycles. The molecule has 0 aliphatic heterocycles. The van der Waals surface area contributed by atoms with Gasteiger partial charge in [0.25, 0.3) is 0 Å². The van der Waals surface area contributed by atoms with Crippen LogP contribution >= 0.6 is 0 Å². The van der Waals surface area contributed by atoms with Crippen LogP contribution in [0, 0.1) is 0 Å². The Morgan fingerprint density at radius 1 is 1.07 bits per heavy atom. The van der Waals surface area contributed by atoms with Crippen molar-refractivity contribution in [1.82, 2.24) is 5.32 Å². The van der Waals surface area contributed by atoms with Crippen molar-refractivity contribution in [3.05, 3.63) is 30.3 Å². The lowest BCUT2D eigenvalue weighted by Crippen LogP contribution is -2.33. The number of hydrogen-bond acceptors (Lipinski definition) is 1. The first-order valence-corrected chi connectivity index (χ1v) is 8.35. The van der Waals surface area contributed by atoms with E-state index in [1.54, 1.807) is 5.19 Å². The molecule has 1 aromatic rings. The molecule has 84 valence electrons. The van der Waals surface area contributed by atoms with Crippen molar-refractivity contribution in [3.8, 4) is 0 Å². The molecule has 0 amide bonds. The minimum Gasteiger partial charge on any atom is -0.317 e. The first-order valence-electron chi connectivity index (χ1n) is 6.14. The molecule has 0 aromatic heterocycles. The van der Waals surface area contributed by atoms with Crippen LogP contribution in [0.2, 0.25) is 12.1 Å². The Hall–Kier alpha value is -0.603. The van der Waals surface area contributed by atoms with Gasteiger partial charge in [-0.2, -0.15) is 0 Å². The number of benzene rings is 1. The minimum absolute atomic E-state index is 0.686. The maximum atomic E-state index is 3.44. The molecule has 1 rings (SSSR count). The molecule has 0 saturated carbocycles. The van der Waals surface area contributed by atoms with Crippen LogP contribution in [0.25, 0.3) is 0 Å². The third-order valence-electron chi connectivity index (χ3n) is 2.83. The molecule has 0 bridgehead atoms. The molecule has 1 atom stereocenters. The van der Waals surface area contributed by atoms with Gasteiger partial charge in [0, 0.05) is 0 Å². The Morgan fingerprint density at radius 2 is 1.80 bits per heavy atom. The fourth-order valence-corrected chi connectivity index (χ4v) is 4.98. The fourth-order valence-electron chi connectivity index (χ4n) is 2.00. The van der Waals surface area contributed by atoms with E-state index in [0.29, 0.717) is 0 Å². The number of nitrogens with one attached hydrogen (secondary N) is 1. The first kappa shape index (κ1) is 12.5. The molecule has 0 heterocycles.